The summed E-state index contributed by atoms with van der Waals surface area (Å²) in [5.41, 5.74) is 15.7. The van der Waals surface area contributed by atoms with Gasteiger partial charge in [0.05, 0.1) is 28.5 Å². The fourth-order valence-electron chi connectivity index (χ4n) is 8.19. The van der Waals surface area contributed by atoms with Gasteiger partial charge >= 0.3 is 0 Å². The highest BCUT2D eigenvalue weighted by Crippen LogP contribution is 2.38. The Hall–Kier alpha value is -7.63. The normalized spacial score (nSPS) is 14.6. The Morgan fingerprint density at radius 3 is 1.43 bits per heavy atom. The summed E-state index contributed by atoms with van der Waals surface area (Å²) in [7, 11) is 0. The van der Waals surface area contributed by atoms with E-state index >= 15 is 0 Å². The highest BCUT2D eigenvalue weighted by Gasteiger charge is 2.25. The maximum Gasteiger partial charge on any atom is 0.159 e. The van der Waals surface area contributed by atoms with E-state index in [2.05, 4.69) is 180 Å². The zero-order chi connectivity index (χ0) is 39.0. The van der Waals surface area contributed by atoms with E-state index in [1.165, 1.54) is 0 Å². The lowest BCUT2D eigenvalue weighted by molar-refractivity contribution is 0.101. The maximum atomic E-state index is 12.2. The minimum atomic E-state index is 0.0516. The zero-order valence-electron chi connectivity index (χ0n) is 31.9. The number of allylic oxidation sites excluding steroid dienone is 4. The Balaban J connectivity index is 1.32. The fraction of sp³-hybridized carbons (Fsp3) is 0.0377. The summed E-state index contributed by atoms with van der Waals surface area (Å²) in [5.74, 6) is 0.0516. The molecule has 2 aromatic heterocycles. The third-order valence-corrected chi connectivity index (χ3v) is 10.9. The number of H-pyrrole nitrogens is 1. The minimum Gasteiger partial charge on any atom is -0.354 e. The van der Waals surface area contributed by atoms with Gasteiger partial charge in [0.25, 0.3) is 0 Å². The summed E-state index contributed by atoms with van der Waals surface area (Å²) in [6.07, 6.45) is 10.8. The summed E-state index contributed by atoms with van der Waals surface area (Å²) in [5, 5.41) is 1.94. The van der Waals surface area contributed by atoms with Crippen molar-refractivity contribution >= 4 is 39.5 Å². The van der Waals surface area contributed by atoms with Crippen LogP contribution in [0.3, 0.4) is 0 Å². The average molecular weight is 747 g/mol. The van der Waals surface area contributed by atoms with Gasteiger partial charge in [0, 0.05) is 56.9 Å². The lowest BCUT2D eigenvalue weighted by atomic mass is 9.96. The van der Waals surface area contributed by atoms with Gasteiger partial charge in [-0.25, -0.2) is 9.98 Å². The molecule has 0 unspecified atom stereocenters. The Kier molecular flexibility index (Phi) is 8.88. The van der Waals surface area contributed by atoms with Crippen LogP contribution in [0.5, 0.6) is 0 Å². The third-order valence-electron chi connectivity index (χ3n) is 10.9. The monoisotopic (exact) mass is 746 g/mol. The van der Waals surface area contributed by atoms with E-state index in [4.69, 9.17) is 9.98 Å². The first-order valence-corrected chi connectivity index (χ1v) is 19.6. The van der Waals surface area contributed by atoms with Crippen LogP contribution in [-0.2, 0) is 6.54 Å². The van der Waals surface area contributed by atoms with Crippen molar-refractivity contribution in [3.05, 3.63) is 261 Å². The lowest BCUT2D eigenvalue weighted by Crippen LogP contribution is -2.21. The molecule has 58 heavy (non-hydrogen) atoms. The highest BCUT2D eigenvalue weighted by atomic mass is 16.1. The van der Waals surface area contributed by atoms with Gasteiger partial charge in [-0.2, -0.15) is 0 Å². The van der Waals surface area contributed by atoms with Crippen molar-refractivity contribution in [3.8, 4) is 0 Å². The van der Waals surface area contributed by atoms with Crippen LogP contribution < -0.4 is 10.7 Å². The van der Waals surface area contributed by atoms with Gasteiger partial charge in [-0.15, -0.1) is 0 Å². The Bertz CT molecular complexity index is 3050. The molecule has 0 radical (unpaired) electrons. The smallest absolute Gasteiger partial charge is 0.159 e. The van der Waals surface area contributed by atoms with E-state index < -0.39 is 0 Å². The summed E-state index contributed by atoms with van der Waals surface area (Å²) < 4.78 is 2.32. The number of carbonyl (C=O) groups is 1. The maximum absolute atomic E-state index is 12.2. The fourth-order valence-corrected chi connectivity index (χ4v) is 8.19. The zero-order valence-corrected chi connectivity index (χ0v) is 31.9. The van der Waals surface area contributed by atoms with Crippen LogP contribution >= 0.6 is 0 Å². The van der Waals surface area contributed by atoms with Crippen LogP contribution in [0.4, 0.5) is 0 Å². The predicted octanol–water partition coefficient (Wildman–Crippen LogP) is 9.72. The number of Topliss-reactive ketones (excluding diaryl/α,β-unsaturated/α-hetero) is 1. The molecule has 3 aliphatic heterocycles. The Morgan fingerprint density at radius 2 is 0.948 bits per heavy atom. The van der Waals surface area contributed by atoms with Gasteiger partial charge in [-0.05, 0) is 77.2 Å². The number of fused-ring (bicyclic) bond motifs is 6. The van der Waals surface area contributed by atoms with E-state index in [0.717, 1.165) is 94.9 Å². The second-order valence-corrected chi connectivity index (χ2v) is 14.7. The van der Waals surface area contributed by atoms with Gasteiger partial charge in [0.1, 0.15) is 0 Å². The van der Waals surface area contributed by atoms with Crippen LogP contribution in [-0.4, -0.2) is 26.8 Å². The molecule has 5 nitrogen and oxygen atoms in total. The number of benzene rings is 5. The molecule has 5 heteroatoms. The molecule has 0 saturated heterocycles. The molecule has 8 bridgehead atoms. The highest BCUT2D eigenvalue weighted by molar-refractivity contribution is 6.31. The predicted molar refractivity (Wildman–Crippen MR) is 236 cm³/mol. The number of hydrogen-bond acceptors (Lipinski definition) is 3. The average Bonchev–Trinajstić information content (AvgIpc) is 4.11. The van der Waals surface area contributed by atoms with Crippen molar-refractivity contribution in [3.63, 3.8) is 0 Å². The third kappa shape index (κ3) is 6.49. The molecule has 10 rings (SSSR count). The van der Waals surface area contributed by atoms with Crippen LogP contribution in [0.1, 0.15) is 56.4 Å². The Morgan fingerprint density at radius 1 is 0.500 bits per heavy atom. The number of aromatic amines is 1. The van der Waals surface area contributed by atoms with Gasteiger partial charge in [0.15, 0.2) is 5.78 Å². The SMILES string of the molecule is CC(=O)c1ccc(Cn2cc3cc2C(c2ccccc2)=C2C=CC(=N2)C(c2ccccc2)=c2ccc([nH]2)=C(c2ccccc2)C2=NC(=C3c3ccccc3)C=C2)cc1. The quantitative estimate of drug-likeness (QED) is 0.162. The summed E-state index contributed by atoms with van der Waals surface area (Å²) in [6.45, 7) is 2.19. The van der Waals surface area contributed by atoms with Crippen molar-refractivity contribution < 1.29 is 4.79 Å². The van der Waals surface area contributed by atoms with Gasteiger partial charge in [-0.3, -0.25) is 4.79 Å². The van der Waals surface area contributed by atoms with Crippen molar-refractivity contribution in [2.24, 2.45) is 9.98 Å². The number of aromatic nitrogens is 2. The molecule has 0 amide bonds. The number of rotatable bonds is 7. The number of ketones is 1. The molecular weight excluding hydrogens is 709 g/mol. The van der Waals surface area contributed by atoms with E-state index in [1.807, 2.05) is 24.3 Å². The molecule has 1 N–H and O–H groups in total. The number of nitrogens with one attached hydrogen (secondary N) is 1. The van der Waals surface area contributed by atoms with Crippen molar-refractivity contribution in [2.75, 3.05) is 0 Å². The van der Waals surface area contributed by atoms with E-state index in [0.29, 0.717) is 12.1 Å². The molecule has 3 aliphatic rings. The van der Waals surface area contributed by atoms with Crippen LogP contribution in [0.15, 0.2) is 216 Å². The molecule has 0 aliphatic carbocycles. The lowest BCUT2D eigenvalue weighted by Gasteiger charge is -2.15. The largest absolute Gasteiger partial charge is 0.354 e. The van der Waals surface area contributed by atoms with E-state index in [9.17, 15) is 4.79 Å². The van der Waals surface area contributed by atoms with Crippen LogP contribution in [0.2, 0.25) is 0 Å². The summed E-state index contributed by atoms with van der Waals surface area (Å²) >= 11 is 0. The molecular formula is C53H38N4O. The molecule has 7 aromatic rings. The summed E-state index contributed by atoms with van der Waals surface area (Å²) in [4.78, 5) is 27.0. The number of aliphatic imine (C=N–C) groups is 2. The summed E-state index contributed by atoms with van der Waals surface area (Å²) in [6, 6.07) is 56.6. The first kappa shape index (κ1) is 34.8. The van der Waals surface area contributed by atoms with Crippen LogP contribution in [0, 0.1) is 0 Å². The molecule has 5 heterocycles. The molecule has 0 atom stereocenters. The van der Waals surface area contributed by atoms with Crippen molar-refractivity contribution in [1.29, 1.82) is 0 Å². The molecule has 0 spiro atoms. The first-order chi connectivity index (χ1) is 28.6. The van der Waals surface area contributed by atoms with Crippen LogP contribution in [0.25, 0.3) is 22.3 Å². The number of hydrogen-bond donors (Lipinski definition) is 1. The van der Waals surface area contributed by atoms with Crippen molar-refractivity contribution in [1.82, 2.24) is 9.55 Å². The molecule has 0 fully saturated rings. The van der Waals surface area contributed by atoms with Gasteiger partial charge < -0.3 is 9.55 Å². The molecule has 276 valence electrons. The second-order valence-electron chi connectivity index (χ2n) is 14.7. The second kappa shape index (κ2) is 14.8. The van der Waals surface area contributed by atoms with Crippen molar-refractivity contribution in [2.45, 2.75) is 13.5 Å². The standard InChI is InChI=1S/C53H38N4O/c1-35(58)37-24-22-36(23-25-37)33-57-34-42-32-49(57)53(41-20-12-5-13-21-41)48-31-30-47(56-48)52(40-18-10-4-11-19-40)46-29-28-45(55-46)51(39-16-8-3-9-17-39)44-27-26-43(54-44)50(42)38-14-6-2-7-15-38/h2-32,34,55H,33H2,1H3. The van der Waals surface area contributed by atoms with E-state index in [1.54, 1.807) is 6.92 Å². The van der Waals surface area contributed by atoms with Gasteiger partial charge in [-0.1, -0.05) is 146 Å². The molecule has 0 saturated carbocycles. The number of nitrogens with zero attached hydrogens (tertiary/aromatic N) is 3. The van der Waals surface area contributed by atoms with Gasteiger partial charge in [0.2, 0.25) is 0 Å². The first-order valence-electron chi connectivity index (χ1n) is 19.6. The molecule has 5 aromatic carbocycles. The topological polar surface area (TPSA) is 62.5 Å². The van der Waals surface area contributed by atoms with E-state index in [-0.39, 0.29) is 5.78 Å². The Labute approximate surface area is 337 Å². The minimum absolute atomic E-state index is 0.0516. The number of carbonyl (C=O) groups excluding carboxylic acids is 1.